The van der Waals surface area contributed by atoms with Gasteiger partial charge in [0.15, 0.2) is 0 Å². The standard InChI is InChI=1S/C24H27Cl2N3O/c1-3-23-27-22-10-8-17(18-7-9-20(25)21(26)13-18)12-19(22)24(30)29(23)15-16-6-5-11-28(4-2)14-16/h7-10,12-13,16H,3-6,11,14-15H2,1-2H3. The third-order valence-electron chi connectivity index (χ3n) is 6.09. The lowest BCUT2D eigenvalue weighted by molar-refractivity contribution is 0.168. The number of hydrogen-bond acceptors (Lipinski definition) is 3. The normalized spacial score (nSPS) is 17.5. The third kappa shape index (κ3) is 4.27. The molecule has 6 heteroatoms. The van der Waals surface area contributed by atoms with E-state index in [4.69, 9.17) is 28.2 Å². The van der Waals surface area contributed by atoms with E-state index in [2.05, 4.69) is 18.7 Å². The minimum absolute atomic E-state index is 0.0485. The van der Waals surface area contributed by atoms with E-state index in [0.717, 1.165) is 61.5 Å². The molecule has 158 valence electrons. The number of likely N-dealkylation sites (tertiary alicyclic amines) is 1. The third-order valence-corrected chi connectivity index (χ3v) is 6.83. The molecule has 1 aromatic heterocycles. The van der Waals surface area contributed by atoms with Crippen molar-refractivity contribution in [3.8, 4) is 11.1 Å². The van der Waals surface area contributed by atoms with Crippen LogP contribution in [0.3, 0.4) is 0 Å². The molecule has 3 aromatic rings. The van der Waals surface area contributed by atoms with Gasteiger partial charge in [0.05, 0.1) is 20.9 Å². The first kappa shape index (κ1) is 21.4. The summed E-state index contributed by atoms with van der Waals surface area (Å²) in [5.41, 5.74) is 2.66. The van der Waals surface area contributed by atoms with E-state index in [1.807, 2.05) is 34.9 Å². The molecule has 0 saturated carbocycles. The monoisotopic (exact) mass is 443 g/mol. The van der Waals surface area contributed by atoms with Crippen LogP contribution in [0.25, 0.3) is 22.0 Å². The van der Waals surface area contributed by atoms with Crippen molar-refractivity contribution in [3.05, 3.63) is 62.6 Å². The van der Waals surface area contributed by atoms with Gasteiger partial charge in [0.2, 0.25) is 0 Å². The number of piperidine rings is 1. The van der Waals surface area contributed by atoms with Gasteiger partial charge in [0.1, 0.15) is 5.82 Å². The van der Waals surface area contributed by atoms with Gasteiger partial charge >= 0.3 is 0 Å². The number of aromatic nitrogens is 2. The van der Waals surface area contributed by atoms with Gasteiger partial charge in [0, 0.05) is 19.5 Å². The summed E-state index contributed by atoms with van der Waals surface area (Å²) in [5.74, 6) is 1.35. The van der Waals surface area contributed by atoms with Crippen LogP contribution in [0.4, 0.5) is 0 Å². The molecule has 0 amide bonds. The van der Waals surface area contributed by atoms with Gasteiger partial charge in [-0.3, -0.25) is 9.36 Å². The number of rotatable bonds is 5. The Morgan fingerprint density at radius 3 is 2.57 bits per heavy atom. The molecule has 0 N–H and O–H groups in total. The first-order chi connectivity index (χ1) is 14.5. The molecule has 30 heavy (non-hydrogen) atoms. The van der Waals surface area contributed by atoms with Crippen LogP contribution in [0.15, 0.2) is 41.2 Å². The molecule has 0 radical (unpaired) electrons. The van der Waals surface area contributed by atoms with Crippen LogP contribution < -0.4 is 5.56 Å². The minimum atomic E-state index is 0.0485. The van der Waals surface area contributed by atoms with Crippen LogP contribution >= 0.6 is 23.2 Å². The average Bonchev–Trinajstić information content (AvgIpc) is 2.77. The van der Waals surface area contributed by atoms with Gasteiger partial charge in [0.25, 0.3) is 5.56 Å². The van der Waals surface area contributed by atoms with Gasteiger partial charge in [-0.15, -0.1) is 0 Å². The quantitative estimate of drug-likeness (QED) is 0.509. The van der Waals surface area contributed by atoms with Crippen LogP contribution in [0, 0.1) is 5.92 Å². The molecular formula is C24H27Cl2N3O. The summed E-state index contributed by atoms with van der Waals surface area (Å²) in [7, 11) is 0. The lowest BCUT2D eigenvalue weighted by Gasteiger charge is -2.32. The van der Waals surface area contributed by atoms with Crippen molar-refractivity contribution in [1.29, 1.82) is 0 Å². The molecule has 4 nitrogen and oxygen atoms in total. The van der Waals surface area contributed by atoms with E-state index >= 15 is 0 Å². The number of fused-ring (bicyclic) bond motifs is 1. The second-order valence-electron chi connectivity index (χ2n) is 8.06. The molecule has 2 aromatic carbocycles. The zero-order chi connectivity index (χ0) is 21.3. The summed E-state index contributed by atoms with van der Waals surface area (Å²) in [6.45, 7) is 8.27. The highest BCUT2D eigenvalue weighted by molar-refractivity contribution is 6.42. The SMILES string of the molecule is CCc1nc2ccc(-c3ccc(Cl)c(Cl)c3)cc2c(=O)n1CC1CCCN(CC)C1. The molecule has 1 atom stereocenters. The van der Waals surface area contributed by atoms with Crippen molar-refractivity contribution in [2.45, 2.75) is 39.7 Å². The van der Waals surface area contributed by atoms with Crippen LogP contribution in [-0.2, 0) is 13.0 Å². The Kier molecular flexibility index (Phi) is 6.47. The minimum Gasteiger partial charge on any atom is -0.303 e. The molecular weight excluding hydrogens is 417 g/mol. The largest absolute Gasteiger partial charge is 0.303 e. The highest BCUT2D eigenvalue weighted by Crippen LogP contribution is 2.29. The topological polar surface area (TPSA) is 38.1 Å². The van der Waals surface area contributed by atoms with E-state index in [1.165, 1.54) is 6.42 Å². The number of halogens is 2. The average molecular weight is 444 g/mol. The molecule has 1 unspecified atom stereocenters. The van der Waals surface area contributed by atoms with Crippen LogP contribution in [0.1, 0.15) is 32.5 Å². The van der Waals surface area contributed by atoms with Crippen molar-refractivity contribution in [2.24, 2.45) is 5.92 Å². The van der Waals surface area contributed by atoms with Crippen LogP contribution in [0.5, 0.6) is 0 Å². The van der Waals surface area contributed by atoms with Crippen molar-refractivity contribution < 1.29 is 0 Å². The van der Waals surface area contributed by atoms with Gasteiger partial charge in [-0.2, -0.15) is 0 Å². The summed E-state index contributed by atoms with van der Waals surface area (Å²) in [5, 5.41) is 1.68. The van der Waals surface area contributed by atoms with Crippen LogP contribution in [0.2, 0.25) is 10.0 Å². The van der Waals surface area contributed by atoms with Crippen molar-refractivity contribution in [1.82, 2.24) is 14.5 Å². The molecule has 4 rings (SSSR count). The molecule has 2 heterocycles. The maximum absolute atomic E-state index is 13.5. The molecule has 0 aliphatic carbocycles. The fourth-order valence-electron chi connectivity index (χ4n) is 4.43. The molecule has 1 fully saturated rings. The van der Waals surface area contributed by atoms with E-state index in [1.54, 1.807) is 6.07 Å². The van der Waals surface area contributed by atoms with E-state index in [0.29, 0.717) is 21.3 Å². The van der Waals surface area contributed by atoms with Crippen molar-refractivity contribution in [3.63, 3.8) is 0 Å². The highest BCUT2D eigenvalue weighted by atomic mass is 35.5. The first-order valence-electron chi connectivity index (χ1n) is 10.7. The molecule has 0 spiro atoms. The fraction of sp³-hybridized carbons (Fsp3) is 0.417. The number of nitrogens with zero attached hydrogens (tertiary/aromatic N) is 3. The maximum Gasteiger partial charge on any atom is 0.261 e. The van der Waals surface area contributed by atoms with Crippen molar-refractivity contribution >= 4 is 34.1 Å². The Labute approximate surface area is 187 Å². The number of hydrogen-bond donors (Lipinski definition) is 0. The Bertz CT molecular complexity index is 1130. The maximum atomic E-state index is 13.5. The zero-order valence-electron chi connectivity index (χ0n) is 17.5. The second kappa shape index (κ2) is 9.09. The van der Waals surface area contributed by atoms with Crippen molar-refractivity contribution in [2.75, 3.05) is 19.6 Å². The molecule has 0 bridgehead atoms. The Morgan fingerprint density at radius 1 is 1.07 bits per heavy atom. The summed E-state index contributed by atoms with van der Waals surface area (Å²) in [6.07, 6.45) is 3.09. The fourth-order valence-corrected chi connectivity index (χ4v) is 4.72. The predicted molar refractivity (Wildman–Crippen MR) is 126 cm³/mol. The number of benzene rings is 2. The van der Waals surface area contributed by atoms with E-state index in [9.17, 15) is 4.79 Å². The number of aryl methyl sites for hydroxylation is 1. The van der Waals surface area contributed by atoms with E-state index < -0.39 is 0 Å². The van der Waals surface area contributed by atoms with E-state index in [-0.39, 0.29) is 5.56 Å². The summed E-state index contributed by atoms with van der Waals surface area (Å²) in [4.78, 5) is 20.8. The first-order valence-corrected chi connectivity index (χ1v) is 11.5. The highest BCUT2D eigenvalue weighted by Gasteiger charge is 2.21. The summed E-state index contributed by atoms with van der Waals surface area (Å²) < 4.78 is 1.91. The van der Waals surface area contributed by atoms with Gasteiger partial charge in [-0.25, -0.2) is 4.98 Å². The smallest absolute Gasteiger partial charge is 0.261 e. The van der Waals surface area contributed by atoms with Crippen LogP contribution in [-0.4, -0.2) is 34.1 Å². The Balaban J connectivity index is 1.75. The summed E-state index contributed by atoms with van der Waals surface area (Å²) in [6, 6.07) is 11.4. The lowest BCUT2D eigenvalue weighted by Crippen LogP contribution is -2.39. The molecule has 1 aliphatic rings. The lowest BCUT2D eigenvalue weighted by atomic mass is 9.97. The zero-order valence-corrected chi connectivity index (χ0v) is 19.0. The van der Waals surface area contributed by atoms with Gasteiger partial charge in [-0.05, 0) is 67.2 Å². The predicted octanol–water partition coefficient (Wildman–Crippen LogP) is 5.66. The Hall–Kier alpha value is -1.88. The molecule has 1 aliphatic heterocycles. The summed E-state index contributed by atoms with van der Waals surface area (Å²) >= 11 is 12.3. The van der Waals surface area contributed by atoms with Gasteiger partial charge in [-0.1, -0.05) is 49.2 Å². The Morgan fingerprint density at radius 2 is 1.83 bits per heavy atom. The molecule has 1 saturated heterocycles. The van der Waals surface area contributed by atoms with Gasteiger partial charge < -0.3 is 4.90 Å². The second-order valence-corrected chi connectivity index (χ2v) is 8.87.